The van der Waals surface area contributed by atoms with E-state index in [0.717, 1.165) is 37.7 Å². The second-order valence-corrected chi connectivity index (χ2v) is 4.63. The van der Waals surface area contributed by atoms with Gasteiger partial charge in [-0.05, 0) is 37.2 Å². The third-order valence-corrected chi connectivity index (χ3v) is 3.60. The first-order valence-electron chi connectivity index (χ1n) is 6.36. The summed E-state index contributed by atoms with van der Waals surface area (Å²) in [6, 6.07) is 6.08. The standard InChI is InChI=1S/C14H23ClN2/c1-4-17(5-2)10-9-16-11-13-7-6-8-14(15)12(13)3/h6-8,16H,4-5,9-11H2,1-3H3. The van der Waals surface area contributed by atoms with Crippen molar-refractivity contribution in [1.29, 1.82) is 0 Å². The largest absolute Gasteiger partial charge is 0.311 e. The fourth-order valence-corrected chi connectivity index (χ4v) is 2.04. The van der Waals surface area contributed by atoms with Crippen LogP contribution in [0.5, 0.6) is 0 Å². The molecule has 1 rings (SSSR count). The minimum Gasteiger partial charge on any atom is -0.311 e. The number of likely N-dealkylation sites (N-methyl/N-ethyl adjacent to an activating group) is 1. The van der Waals surface area contributed by atoms with Crippen LogP contribution in [-0.4, -0.2) is 31.1 Å². The van der Waals surface area contributed by atoms with E-state index < -0.39 is 0 Å². The predicted octanol–water partition coefficient (Wildman–Crippen LogP) is 3.08. The van der Waals surface area contributed by atoms with Crippen molar-refractivity contribution < 1.29 is 0 Å². The highest BCUT2D eigenvalue weighted by Gasteiger charge is 2.02. The number of hydrogen-bond donors (Lipinski definition) is 1. The Kier molecular flexibility index (Phi) is 6.56. The summed E-state index contributed by atoms with van der Waals surface area (Å²) in [5.74, 6) is 0. The molecule has 3 heteroatoms. The molecule has 0 aliphatic rings. The molecule has 0 bridgehead atoms. The minimum atomic E-state index is 0.855. The lowest BCUT2D eigenvalue weighted by Gasteiger charge is -2.18. The van der Waals surface area contributed by atoms with Crippen molar-refractivity contribution in [2.75, 3.05) is 26.2 Å². The summed E-state index contributed by atoms with van der Waals surface area (Å²) < 4.78 is 0. The summed E-state index contributed by atoms with van der Waals surface area (Å²) in [7, 11) is 0. The molecule has 0 aliphatic carbocycles. The predicted molar refractivity (Wildman–Crippen MR) is 75.7 cm³/mol. The van der Waals surface area contributed by atoms with E-state index in [2.05, 4.69) is 37.1 Å². The Balaban J connectivity index is 2.33. The third kappa shape index (κ3) is 4.66. The van der Waals surface area contributed by atoms with E-state index in [0.29, 0.717) is 0 Å². The van der Waals surface area contributed by atoms with Gasteiger partial charge < -0.3 is 10.2 Å². The van der Waals surface area contributed by atoms with Crippen molar-refractivity contribution in [3.05, 3.63) is 34.3 Å². The van der Waals surface area contributed by atoms with E-state index in [9.17, 15) is 0 Å². The van der Waals surface area contributed by atoms with Crippen LogP contribution in [0.3, 0.4) is 0 Å². The smallest absolute Gasteiger partial charge is 0.0438 e. The van der Waals surface area contributed by atoms with Gasteiger partial charge in [-0.1, -0.05) is 37.6 Å². The zero-order chi connectivity index (χ0) is 12.7. The van der Waals surface area contributed by atoms with Crippen LogP contribution in [0.4, 0.5) is 0 Å². The highest BCUT2D eigenvalue weighted by molar-refractivity contribution is 6.31. The second kappa shape index (κ2) is 7.70. The summed E-state index contributed by atoms with van der Waals surface area (Å²) in [6.07, 6.45) is 0. The SMILES string of the molecule is CCN(CC)CCNCc1cccc(Cl)c1C. The summed E-state index contributed by atoms with van der Waals surface area (Å²) >= 11 is 6.09. The van der Waals surface area contributed by atoms with E-state index in [-0.39, 0.29) is 0 Å². The van der Waals surface area contributed by atoms with Gasteiger partial charge >= 0.3 is 0 Å². The second-order valence-electron chi connectivity index (χ2n) is 4.23. The number of nitrogens with zero attached hydrogens (tertiary/aromatic N) is 1. The molecule has 0 fully saturated rings. The number of hydrogen-bond acceptors (Lipinski definition) is 2. The van der Waals surface area contributed by atoms with Gasteiger partial charge in [-0.25, -0.2) is 0 Å². The zero-order valence-electron chi connectivity index (χ0n) is 11.1. The molecule has 0 spiro atoms. The molecule has 0 saturated carbocycles. The Morgan fingerprint density at radius 1 is 1.24 bits per heavy atom. The maximum atomic E-state index is 6.09. The highest BCUT2D eigenvalue weighted by atomic mass is 35.5. The Labute approximate surface area is 110 Å². The van der Waals surface area contributed by atoms with Crippen LogP contribution in [0.25, 0.3) is 0 Å². The molecule has 1 aromatic rings. The van der Waals surface area contributed by atoms with Crippen LogP contribution >= 0.6 is 11.6 Å². The number of halogens is 1. The summed E-state index contributed by atoms with van der Waals surface area (Å²) in [5.41, 5.74) is 2.47. The van der Waals surface area contributed by atoms with Crippen LogP contribution in [0, 0.1) is 6.92 Å². The minimum absolute atomic E-state index is 0.855. The zero-order valence-corrected chi connectivity index (χ0v) is 11.8. The van der Waals surface area contributed by atoms with Crippen LogP contribution < -0.4 is 5.32 Å². The first-order chi connectivity index (χ1) is 8.19. The van der Waals surface area contributed by atoms with Crippen LogP contribution in [-0.2, 0) is 6.54 Å². The van der Waals surface area contributed by atoms with Gasteiger partial charge in [0.25, 0.3) is 0 Å². The van der Waals surface area contributed by atoms with Crippen LogP contribution in [0.2, 0.25) is 5.02 Å². The summed E-state index contributed by atoms with van der Waals surface area (Å²) in [4.78, 5) is 2.41. The Bertz CT molecular complexity index is 335. The molecule has 0 aromatic heterocycles. The molecule has 96 valence electrons. The fraction of sp³-hybridized carbons (Fsp3) is 0.571. The quantitative estimate of drug-likeness (QED) is 0.753. The fourth-order valence-electron chi connectivity index (χ4n) is 1.84. The van der Waals surface area contributed by atoms with Gasteiger partial charge in [0.05, 0.1) is 0 Å². The number of benzene rings is 1. The van der Waals surface area contributed by atoms with E-state index in [4.69, 9.17) is 11.6 Å². The van der Waals surface area contributed by atoms with Gasteiger partial charge in [0.2, 0.25) is 0 Å². The molecule has 0 amide bonds. The normalized spacial score (nSPS) is 11.1. The average Bonchev–Trinajstić information content (AvgIpc) is 2.34. The van der Waals surface area contributed by atoms with E-state index in [1.807, 2.05) is 12.1 Å². The van der Waals surface area contributed by atoms with E-state index >= 15 is 0 Å². The molecule has 0 radical (unpaired) electrons. The van der Waals surface area contributed by atoms with Crippen molar-refractivity contribution >= 4 is 11.6 Å². The molecule has 0 atom stereocenters. The monoisotopic (exact) mass is 254 g/mol. The molecule has 1 aromatic carbocycles. The molecule has 0 heterocycles. The first-order valence-corrected chi connectivity index (χ1v) is 6.73. The molecular formula is C14H23ClN2. The lowest BCUT2D eigenvalue weighted by molar-refractivity contribution is 0.302. The lowest BCUT2D eigenvalue weighted by atomic mass is 10.1. The topological polar surface area (TPSA) is 15.3 Å². The van der Waals surface area contributed by atoms with Gasteiger partial charge in [0, 0.05) is 24.7 Å². The number of rotatable bonds is 7. The number of nitrogens with one attached hydrogen (secondary N) is 1. The molecule has 2 nitrogen and oxygen atoms in total. The van der Waals surface area contributed by atoms with Crippen LogP contribution in [0.1, 0.15) is 25.0 Å². The highest BCUT2D eigenvalue weighted by Crippen LogP contribution is 2.18. The van der Waals surface area contributed by atoms with Crippen molar-refractivity contribution in [2.45, 2.75) is 27.3 Å². The molecule has 17 heavy (non-hydrogen) atoms. The lowest BCUT2D eigenvalue weighted by Crippen LogP contribution is -2.31. The van der Waals surface area contributed by atoms with E-state index in [1.54, 1.807) is 0 Å². The molecule has 1 N–H and O–H groups in total. The van der Waals surface area contributed by atoms with Crippen molar-refractivity contribution in [3.63, 3.8) is 0 Å². The van der Waals surface area contributed by atoms with Gasteiger partial charge in [0.1, 0.15) is 0 Å². The third-order valence-electron chi connectivity index (χ3n) is 3.19. The molecule has 0 saturated heterocycles. The van der Waals surface area contributed by atoms with Gasteiger partial charge in [-0.15, -0.1) is 0 Å². The van der Waals surface area contributed by atoms with Crippen molar-refractivity contribution in [3.8, 4) is 0 Å². The average molecular weight is 255 g/mol. The summed E-state index contributed by atoms with van der Waals surface area (Å²) in [5, 5.41) is 4.32. The maximum Gasteiger partial charge on any atom is 0.0438 e. The van der Waals surface area contributed by atoms with Gasteiger partial charge in [0.15, 0.2) is 0 Å². The molecule has 0 aliphatic heterocycles. The molecular weight excluding hydrogens is 232 g/mol. The molecule has 0 unspecified atom stereocenters. The Morgan fingerprint density at radius 3 is 2.59 bits per heavy atom. The van der Waals surface area contributed by atoms with E-state index in [1.165, 1.54) is 11.1 Å². The Morgan fingerprint density at radius 2 is 1.94 bits per heavy atom. The Hall–Kier alpha value is -0.570. The van der Waals surface area contributed by atoms with Crippen molar-refractivity contribution in [2.24, 2.45) is 0 Å². The first kappa shape index (κ1) is 14.5. The maximum absolute atomic E-state index is 6.09. The summed E-state index contributed by atoms with van der Waals surface area (Å²) in [6.45, 7) is 11.7. The van der Waals surface area contributed by atoms with Crippen LogP contribution in [0.15, 0.2) is 18.2 Å². The van der Waals surface area contributed by atoms with Gasteiger partial charge in [-0.3, -0.25) is 0 Å². The van der Waals surface area contributed by atoms with Crippen molar-refractivity contribution in [1.82, 2.24) is 10.2 Å². The van der Waals surface area contributed by atoms with Gasteiger partial charge in [-0.2, -0.15) is 0 Å².